The number of nitro groups is 1. The van der Waals surface area contributed by atoms with Crippen LogP contribution in [0.2, 0.25) is 0 Å². The number of aryl methyl sites for hydroxylation is 1. The Morgan fingerprint density at radius 2 is 1.32 bits per heavy atom. The Labute approximate surface area is 234 Å². The fourth-order valence-corrected chi connectivity index (χ4v) is 4.25. The molecule has 0 fully saturated rings. The zero-order valence-electron chi connectivity index (χ0n) is 22.4. The molecule has 40 heavy (non-hydrogen) atoms. The molecule has 4 aromatic rings. The highest BCUT2D eigenvalue weighted by atomic mass is 16.6. The number of para-hydroxylation sites is 1. The van der Waals surface area contributed by atoms with Gasteiger partial charge in [-0.1, -0.05) is 91.7 Å². The maximum atomic E-state index is 12.5. The van der Waals surface area contributed by atoms with E-state index in [1.165, 1.54) is 23.8 Å². The van der Waals surface area contributed by atoms with Crippen molar-refractivity contribution in [2.24, 2.45) is 0 Å². The van der Waals surface area contributed by atoms with Crippen molar-refractivity contribution in [1.29, 1.82) is 0 Å². The van der Waals surface area contributed by atoms with Crippen molar-refractivity contribution >= 4 is 11.7 Å². The Kier molecular flexibility index (Phi) is 10.7. The van der Waals surface area contributed by atoms with Crippen LogP contribution in [-0.4, -0.2) is 17.5 Å². The number of carbonyl (C=O) groups is 1. The van der Waals surface area contributed by atoms with Gasteiger partial charge < -0.3 is 14.2 Å². The fraction of sp³-hybridized carbons (Fsp3) is 0.242. The lowest BCUT2D eigenvalue weighted by Crippen LogP contribution is -2.07. The molecule has 0 unspecified atom stereocenters. The van der Waals surface area contributed by atoms with E-state index < -0.39 is 10.9 Å². The quantitative estimate of drug-likeness (QED) is 0.0665. The van der Waals surface area contributed by atoms with Crippen molar-refractivity contribution in [3.05, 3.63) is 135 Å². The van der Waals surface area contributed by atoms with Crippen molar-refractivity contribution in [2.75, 3.05) is 6.61 Å². The Balaban J connectivity index is 1.21. The third-order valence-electron chi connectivity index (χ3n) is 6.41. The summed E-state index contributed by atoms with van der Waals surface area (Å²) in [6, 6.07) is 31.6. The molecule has 0 bridgehead atoms. The lowest BCUT2D eigenvalue weighted by atomic mass is 10.1. The highest BCUT2D eigenvalue weighted by Crippen LogP contribution is 2.29. The summed E-state index contributed by atoms with van der Waals surface area (Å²) in [4.78, 5) is 23.5. The molecule has 0 radical (unpaired) electrons. The van der Waals surface area contributed by atoms with Gasteiger partial charge >= 0.3 is 11.7 Å². The summed E-state index contributed by atoms with van der Waals surface area (Å²) in [7, 11) is 0. The molecule has 206 valence electrons. The molecule has 7 nitrogen and oxygen atoms in total. The zero-order valence-corrected chi connectivity index (χ0v) is 22.4. The fourth-order valence-electron chi connectivity index (χ4n) is 4.25. The van der Waals surface area contributed by atoms with E-state index in [0.29, 0.717) is 13.2 Å². The zero-order chi connectivity index (χ0) is 28.0. The van der Waals surface area contributed by atoms with Gasteiger partial charge in [0, 0.05) is 12.1 Å². The summed E-state index contributed by atoms with van der Waals surface area (Å²) in [6.07, 6.45) is 4.55. The van der Waals surface area contributed by atoms with Crippen LogP contribution in [0, 0.1) is 10.1 Å². The first kappa shape index (κ1) is 28.4. The third kappa shape index (κ3) is 8.70. The molecule has 0 N–H and O–H groups in total. The summed E-state index contributed by atoms with van der Waals surface area (Å²) in [5, 5.41) is 11.5. The number of hydrogen-bond donors (Lipinski definition) is 0. The van der Waals surface area contributed by atoms with E-state index in [9.17, 15) is 14.9 Å². The van der Waals surface area contributed by atoms with Crippen LogP contribution in [0.5, 0.6) is 11.5 Å². The van der Waals surface area contributed by atoms with Gasteiger partial charge in [0.1, 0.15) is 19.0 Å². The summed E-state index contributed by atoms with van der Waals surface area (Å²) in [5.41, 5.74) is 3.21. The second-order valence-corrected chi connectivity index (χ2v) is 9.40. The largest absolute Gasteiger partial charge is 0.489 e. The van der Waals surface area contributed by atoms with Crippen LogP contribution in [-0.2, 0) is 24.4 Å². The van der Waals surface area contributed by atoms with Gasteiger partial charge in [0.2, 0.25) is 0 Å². The minimum Gasteiger partial charge on any atom is -0.489 e. The predicted molar refractivity (Wildman–Crippen MR) is 154 cm³/mol. The average molecular weight is 540 g/mol. The van der Waals surface area contributed by atoms with Gasteiger partial charge in [-0.2, -0.15) is 0 Å². The van der Waals surface area contributed by atoms with Crippen molar-refractivity contribution in [2.45, 2.75) is 45.3 Å². The number of esters is 1. The van der Waals surface area contributed by atoms with Gasteiger partial charge in [-0.15, -0.1) is 0 Å². The highest BCUT2D eigenvalue weighted by molar-refractivity contribution is 5.90. The van der Waals surface area contributed by atoms with Crippen molar-refractivity contribution in [1.82, 2.24) is 0 Å². The predicted octanol–water partition coefficient (Wildman–Crippen LogP) is 7.71. The first-order valence-corrected chi connectivity index (χ1v) is 13.5. The van der Waals surface area contributed by atoms with Crippen LogP contribution >= 0.6 is 0 Å². The average Bonchev–Trinajstić information content (AvgIpc) is 2.99. The normalized spacial score (nSPS) is 10.6. The van der Waals surface area contributed by atoms with E-state index in [-0.39, 0.29) is 23.6 Å². The number of nitro benzene ring substituents is 1. The summed E-state index contributed by atoms with van der Waals surface area (Å²) >= 11 is 0. The van der Waals surface area contributed by atoms with Crippen molar-refractivity contribution in [3.8, 4) is 11.5 Å². The van der Waals surface area contributed by atoms with Gasteiger partial charge in [-0.05, 0) is 48.1 Å². The SMILES string of the molecule is O=C(OCc1ccccc1)c1ccc([N+](=O)[O-])c(OCCCCCCc2ccccc2OCc2ccccc2)c1. The number of hydrogen-bond acceptors (Lipinski definition) is 6. The molecule has 0 aromatic heterocycles. The maximum absolute atomic E-state index is 12.5. The van der Waals surface area contributed by atoms with Crippen LogP contribution in [0.25, 0.3) is 0 Å². The van der Waals surface area contributed by atoms with Gasteiger partial charge in [0.05, 0.1) is 17.1 Å². The molecule has 7 heteroatoms. The van der Waals surface area contributed by atoms with Crippen LogP contribution < -0.4 is 9.47 Å². The number of carbonyl (C=O) groups excluding carboxylic acids is 1. The smallest absolute Gasteiger partial charge is 0.338 e. The molecule has 0 heterocycles. The van der Waals surface area contributed by atoms with Crippen LogP contribution in [0.15, 0.2) is 103 Å². The molecule has 0 atom stereocenters. The topological polar surface area (TPSA) is 87.9 Å². The Morgan fingerprint density at radius 3 is 2.05 bits per heavy atom. The molecule has 0 amide bonds. The molecule has 0 aliphatic heterocycles. The molecule has 0 saturated heterocycles. The molecule has 0 aliphatic carbocycles. The van der Waals surface area contributed by atoms with Crippen molar-refractivity contribution in [3.63, 3.8) is 0 Å². The Morgan fingerprint density at radius 1 is 0.675 bits per heavy atom. The maximum Gasteiger partial charge on any atom is 0.338 e. The first-order valence-electron chi connectivity index (χ1n) is 13.5. The standard InChI is InChI=1S/C33H33NO6/c35-33(40-25-27-15-7-4-8-16-27)29-20-21-30(34(36)37)32(23-29)38-22-12-2-1-9-17-28-18-10-11-19-31(28)39-24-26-13-5-3-6-14-26/h3-8,10-11,13-16,18-21,23H,1-2,9,12,17,22,24-25H2. The van der Waals surface area contributed by atoms with Gasteiger partial charge in [-0.3, -0.25) is 10.1 Å². The van der Waals surface area contributed by atoms with Gasteiger partial charge in [-0.25, -0.2) is 4.79 Å². The molecular weight excluding hydrogens is 506 g/mol. The second-order valence-electron chi connectivity index (χ2n) is 9.40. The summed E-state index contributed by atoms with van der Waals surface area (Å²) < 4.78 is 17.1. The Hall–Kier alpha value is -4.65. The minimum atomic E-state index is -0.559. The highest BCUT2D eigenvalue weighted by Gasteiger charge is 2.19. The first-order chi connectivity index (χ1) is 19.6. The van der Waals surface area contributed by atoms with E-state index in [1.54, 1.807) is 0 Å². The number of ether oxygens (including phenoxy) is 3. The van der Waals surface area contributed by atoms with Crippen LogP contribution in [0.3, 0.4) is 0 Å². The number of benzene rings is 4. The van der Waals surface area contributed by atoms with E-state index in [2.05, 4.69) is 6.07 Å². The van der Waals surface area contributed by atoms with Gasteiger partial charge in [0.15, 0.2) is 5.75 Å². The monoisotopic (exact) mass is 539 g/mol. The number of nitrogens with zero attached hydrogens (tertiary/aromatic N) is 1. The van der Waals surface area contributed by atoms with E-state index >= 15 is 0 Å². The summed E-state index contributed by atoms with van der Waals surface area (Å²) in [5.74, 6) is 0.421. The lowest BCUT2D eigenvalue weighted by molar-refractivity contribution is -0.385. The molecule has 4 rings (SSSR count). The molecular formula is C33H33NO6. The molecule has 0 saturated carbocycles. The Bertz CT molecular complexity index is 1370. The van der Waals surface area contributed by atoms with E-state index in [0.717, 1.165) is 49.0 Å². The second kappa shape index (κ2) is 15.1. The number of unbranched alkanes of at least 4 members (excludes halogenated alkanes) is 3. The molecule has 0 aliphatic rings. The number of rotatable bonds is 15. The van der Waals surface area contributed by atoms with Crippen molar-refractivity contribution < 1.29 is 23.9 Å². The lowest BCUT2D eigenvalue weighted by Gasteiger charge is -2.12. The van der Waals surface area contributed by atoms with E-state index in [1.807, 2.05) is 78.9 Å². The third-order valence-corrected chi connectivity index (χ3v) is 6.41. The van der Waals surface area contributed by atoms with Crippen LogP contribution in [0.1, 0.15) is 52.7 Å². The molecule has 4 aromatic carbocycles. The summed E-state index contributed by atoms with van der Waals surface area (Å²) in [6.45, 7) is 0.976. The van der Waals surface area contributed by atoms with Crippen LogP contribution in [0.4, 0.5) is 5.69 Å². The minimum absolute atomic E-state index is 0.0728. The molecule has 0 spiro atoms. The van der Waals surface area contributed by atoms with E-state index in [4.69, 9.17) is 14.2 Å². The van der Waals surface area contributed by atoms with Gasteiger partial charge in [0.25, 0.3) is 0 Å².